The predicted molar refractivity (Wildman–Crippen MR) is 61.6 cm³/mol. The van der Waals surface area contributed by atoms with Crippen molar-refractivity contribution >= 4 is 11.6 Å². The normalized spacial score (nSPS) is 11.5. The highest BCUT2D eigenvalue weighted by molar-refractivity contribution is 6.32. The molecule has 0 atom stereocenters. The molecule has 15 heavy (non-hydrogen) atoms. The lowest BCUT2D eigenvalue weighted by Crippen LogP contribution is -2.34. The molecule has 0 aliphatic heterocycles. The van der Waals surface area contributed by atoms with E-state index >= 15 is 0 Å². The number of halogens is 1. The van der Waals surface area contributed by atoms with Crippen LogP contribution >= 0.6 is 11.6 Å². The lowest BCUT2D eigenvalue weighted by Gasteiger charge is -2.19. The number of hydrogen-bond donors (Lipinski definition) is 2. The fraction of sp³-hybridized carbons (Fsp3) is 0.455. The summed E-state index contributed by atoms with van der Waals surface area (Å²) >= 11 is 5.86. The van der Waals surface area contributed by atoms with Gasteiger partial charge < -0.3 is 15.6 Å². The number of ether oxygens (including phenoxy) is 1. The van der Waals surface area contributed by atoms with Crippen LogP contribution in [-0.4, -0.2) is 17.8 Å². The Balaban J connectivity index is 3.08. The first-order valence-electron chi connectivity index (χ1n) is 4.68. The molecule has 84 valence electrons. The Morgan fingerprint density at radius 1 is 1.47 bits per heavy atom. The summed E-state index contributed by atoms with van der Waals surface area (Å²) in [7, 11) is 1.54. The molecule has 0 heterocycles. The summed E-state index contributed by atoms with van der Waals surface area (Å²) in [6.45, 7) is 3.79. The summed E-state index contributed by atoms with van der Waals surface area (Å²) in [5.41, 5.74) is 6.24. The predicted octanol–water partition coefficient (Wildman–Crippen LogP) is 2.33. The molecule has 0 saturated heterocycles. The van der Waals surface area contributed by atoms with Crippen LogP contribution in [0.2, 0.25) is 5.02 Å². The minimum atomic E-state index is -0.379. The molecule has 0 spiro atoms. The molecule has 4 heteroatoms. The lowest BCUT2D eigenvalue weighted by atomic mass is 9.95. The first-order valence-corrected chi connectivity index (χ1v) is 5.05. The molecule has 3 N–H and O–H groups in total. The molecular weight excluding hydrogens is 214 g/mol. The lowest BCUT2D eigenvalue weighted by molar-refractivity contribution is 0.408. The second-order valence-corrected chi connectivity index (χ2v) is 4.69. The van der Waals surface area contributed by atoms with E-state index in [0.717, 1.165) is 5.56 Å². The zero-order valence-electron chi connectivity index (χ0n) is 9.17. The van der Waals surface area contributed by atoms with Crippen LogP contribution in [-0.2, 0) is 6.42 Å². The van der Waals surface area contributed by atoms with Crippen LogP contribution in [0.3, 0.4) is 0 Å². The Morgan fingerprint density at radius 2 is 2.07 bits per heavy atom. The average Bonchev–Trinajstić information content (AvgIpc) is 2.07. The number of hydrogen-bond acceptors (Lipinski definition) is 3. The Bertz CT molecular complexity index is 358. The maximum absolute atomic E-state index is 9.68. The van der Waals surface area contributed by atoms with Gasteiger partial charge in [0.1, 0.15) is 11.5 Å². The average molecular weight is 230 g/mol. The Labute approximate surface area is 94.8 Å². The summed E-state index contributed by atoms with van der Waals surface area (Å²) in [6, 6.07) is 3.19. The minimum absolute atomic E-state index is 0.152. The van der Waals surface area contributed by atoms with E-state index in [1.54, 1.807) is 6.07 Å². The highest BCUT2D eigenvalue weighted by Gasteiger charge is 2.16. The molecule has 0 unspecified atom stereocenters. The summed E-state index contributed by atoms with van der Waals surface area (Å²) in [4.78, 5) is 0. The zero-order chi connectivity index (χ0) is 11.6. The van der Waals surface area contributed by atoms with Gasteiger partial charge in [-0.3, -0.25) is 0 Å². The highest BCUT2D eigenvalue weighted by atomic mass is 35.5. The summed E-state index contributed by atoms with van der Waals surface area (Å²) < 4.78 is 5.07. The van der Waals surface area contributed by atoms with Gasteiger partial charge in [0, 0.05) is 11.6 Å². The van der Waals surface area contributed by atoms with E-state index in [1.807, 2.05) is 13.8 Å². The first kappa shape index (κ1) is 12.1. The van der Waals surface area contributed by atoms with Crippen LogP contribution in [0.5, 0.6) is 11.5 Å². The Hall–Kier alpha value is -0.930. The molecular formula is C11H16ClNO2. The van der Waals surface area contributed by atoms with Crippen molar-refractivity contribution in [1.29, 1.82) is 0 Å². The van der Waals surface area contributed by atoms with Crippen molar-refractivity contribution in [2.24, 2.45) is 5.73 Å². The third kappa shape index (κ3) is 3.29. The largest absolute Gasteiger partial charge is 0.508 e. The van der Waals surface area contributed by atoms with Gasteiger partial charge in [-0.05, 0) is 31.9 Å². The second-order valence-electron chi connectivity index (χ2n) is 4.28. The molecule has 0 aromatic heterocycles. The van der Waals surface area contributed by atoms with E-state index in [4.69, 9.17) is 22.1 Å². The summed E-state index contributed by atoms with van der Waals surface area (Å²) in [6.07, 6.45) is 0.562. The van der Waals surface area contributed by atoms with Gasteiger partial charge in [-0.25, -0.2) is 0 Å². The van der Waals surface area contributed by atoms with Gasteiger partial charge in [0.15, 0.2) is 0 Å². The fourth-order valence-electron chi connectivity index (χ4n) is 1.37. The molecule has 0 saturated carbocycles. The maximum atomic E-state index is 9.68. The van der Waals surface area contributed by atoms with Gasteiger partial charge in [0.05, 0.1) is 12.1 Å². The van der Waals surface area contributed by atoms with Crippen LogP contribution in [0.4, 0.5) is 0 Å². The van der Waals surface area contributed by atoms with E-state index in [0.29, 0.717) is 17.2 Å². The van der Waals surface area contributed by atoms with E-state index in [9.17, 15) is 5.11 Å². The number of nitrogens with two attached hydrogens (primary N) is 1. The van der Waals surface area contributed by atoms with E-state index in [2.05, 4.69) is 0 Å². The molecule has 0 radical (unpaired) electrons. The zero-order valence-corrected chi connectivity index (χ0v) is 9.93. The van der Waals surface area contributed by atoms with Crippen LogP contribution < -0.4 is 10.5 Å². The number of phenols is 1. The standard InChI is InChI=1S/C11H16ClNO2/c1-11(2,13)6-7-4-10(15-3)8(12)5-9(7)14/h4-5,14H,6,13H2,1-3H3. The smallest absolute Gasteiger partial charge is 0.137 e. The quantitative estimate of drug-likeness (QED) is 0.837. The molecule has 0 aliphatic carbocycles. The van der Waals surface area contributed by atoms with Crippen LogP contribution in [0.1, 0.15) is 19.4 Å². The fourth-order valence-corrected chi connectivity index (χ4v) is 1.61. The number of aromatic hydroxyl groups is 1. The van der Waals surface area contributed by atoms with Crippen molar-refractivity contribution in [1.82, 2.24) is 0 Å². The van der Waals surface area contributed by atoms with Gasteiger partial charge >= 0.3 is 0 Å². The Morgan fingerprint density at radius 3 is 2.53 bits per heavy atom. The molecule has 0 bridgehead atoms. The minimum Gasteiger partial charge on any atom is -0.508 e. The van der Waals surface area contributed by atoms with Gasteiger partial charge in [-0.2, -0.15) is 0 Å². The molecule has 0 aliphatic rings. The summed E-state index contributed by atoms with van der Waals surface area (Å²) in [5.74, 6) is 0.702. The third-order valence-electron chi connectivity index (χ3n) is 2.00. The van der Waals surface area contributed by atoms with Crippen molar-refractivity contribution in [3.8, 4) is 11.5 Å². The monoisotopic (exact) mass is 229 g/mol. The molecule has 1 aromatic rings. The van der Waals surface area contributed by atoms with Gasteiger partial charge in [-0.1, -0.05) is 11.6 Å². The first-order chi connectivity index (χ1) is 6.83. The van der Waals surface area contributed by atoms with Gasteiger partial charge in [0.2, 0.25) is 0 Å². The highest BCUT2D eigenvalue weighted by Crippen LogP contribution is 2.33. The van der Waals surface area contributed by atoms with Gasteiger partial charge in [0.25, 0.3) is 0 Å². The summed E-state index contributed by atoms with van der Waals surface area (Å²) in [5, 5.41) is 10.1. The maximum Gasteiger partial charge on any atom is 0.137 e. The van der Waals surface area contributed by atoms with Crippen molar-refractivity contribution in [2.45, 2.75) is 25.8 Å². The SMILES string of the molecule is COc1cc(CC(C)(C)N)c(O)cc1Cl. The van der Waals surface area contributed by atoms with Crippen molar-refractivity contribution in [3.63, 3.8) is 0 Å². The van der Waals surface area contributed by atoms with Gasteiger partial charge in [-0.15, -0.1) is 0 Å². The molecule has 1 rings (SSSR count). The molecule has 3 nitrogen and oxygen atoms in total. The Kier molecular flexibility index (Phi) is 3.47. The van der Waals surface area contributed by atoms with Crippen molar-refractivity contribution in [2.75, 3.05) is 7.11 Å². The van der Waals surface area contributed by atoms with Crippen LogP contribution in [0.15, 0.2) is 12.1 Å². The number of benzene rings is 1. The van der Waals surface area contributed by atoms with Crippen LogP contribution in [0.25, 0.3) is 0 Å². The van der Waals surface area contributed by atoms with Crippen molar-refractivity contribution < 1.29 is 9.84 Å². The van der Waals surface area contributed by atoms with Crippen molar-refractivity contribution in [3.05, 3.63) is 22.7 Å². The van der Waals surface area contributed by atoms with Crippen LogP contribution in [0, 0.1) is 0 Å². The molecule has 0 amide bonds. The topological polar surface area (TPSA) is 55.5 Å². The third-order valence-corrected chi connectivity index (χ3v) is 2.29. The molecule has 1 aromatic carbocycles. The number of methoxy groups -OCH3 is 1. The van der Waals surface area contributed by atoms with E-state index < -0.39 is 0 Å². The van der Waals surface area contributed by atoms with E-state index in [1.165, 1.54) is 13.2 Å². The number of rotatable bonds is 3. The molecule has 0 fully saturated rings. The second kappa shape index (κ2) is 4.29. The van der Waals surface area contributed by atoms with E-state index in [-0.39, 0.29) is 11.3 Å². The number of phenolic OH excluding ortho intramolecular Hbond substituents is 1.